The summed E-state index contributed by atoms with van der Waals surface area (Å²) >= 11 is 0. The Morgan fingerprint density at radius 1 is 1.13 bits per heavy atom. The molecule has 0 aromatic heterocycles. The molecule has 0 radical (unpaired) electrons. The highest BCUT2D eigenvalue weighted by molar-refractivity contribution is 5.97. The van der Waals surface area contributed by atoms with Crippen molar-refractivity contribution in [3.63, 3.8) is 0 Å². The van der Waals surface area contributed by atoms with Crippen molar-refractivity contribution in [1.29, 1.82) is 0 Å². The molecule has 1 aliphatic rings. The van der Waals surface area contributed by atoms with Crippen molar-refractivity contribution in [2.75, 3.05) is 13.3 Å². The second-order valence-electron chi connectivity index (χ2n) is 6.19. The zero-order valence-corrected chi connectivity index (χ0v) is 13.8. The van der Waals surface area contributed by atoms with E-state index in [9.17, 15) is 9.59 Å². The number of ether oxygens (including phenoxy) is 2. The van der Waals surface area contributed by atoms with Crippen LogP contribution in [0, 0.1) is 5.92 Å². The van der Waals surface area contributed by atoms with Gasteiger partial charge in [0.1, 0.15) is 0 Å². The van der Waals surface area contributed by atoms with Crippen molar-refractivity contribution >= 4 is 11.8 Å². The number of rotatable bonds is 7. The fourth-order valence-electron chi connectivity index (χ4n) is 2.28. The summed E-state index contributed by atoms with van der Waals surface area (Å²) in [6, 6.07) is 5.05. The molecule has 0 aliphatic carbocycles. The third-order valence-electron chi connectivity index (χ3n) is 3.63. The van der Waals surface area contributed by atoms with Crippen LogP contribution in [0.2, 0.25) is 0 Å². The largest absolute Gasteiger partial charge is 0.454 e. The first kappa shape index (κ1) is 17.1. The third kappa shape index (κ3) is 5.16. The van der Waals surface area contributed by atoms with Crippen LogP contribution in [0.4, 0.5) is 0 Å². The molecule has 1 aromatic rings. The van der Waals surface area contributed by atoms with E-state index < -0.39 is 0 Å². The summed E-state index contributed by atoms with van der Waals surface area (Å²) in [5, 5.41) is 5.50. The Hall–Kier alpha value is -2.24. The SMILES string of the molecule is CC(C)CCC(C)NC(=O)CNC(=O)c1ccc2c(c1)OCO2. The highest BCUT2D eigenvalue weighted by Crippen LogP contribution is 2.32. The molecule has 0 saturated heterocycles. The van der Waals surface area contributed by atoms with Crippen molar-refractivity contribution < 1.29 is 19.1 Å². The molecule has 2 amide bonds. The summed E-state index contributed by atoms with van der Waals surface area (Å²) < 4.78 is 10.4. The summed E-state index contributed by atoms with van der Waals surface area (Å²) in [4.78, 5) is 23.9. The fraction of sp³-hybridized carbons (Fsp3) is 0.529. The van der Waals surface area contributed by atoms with Gasteiger partial charge in [-0.15, -0.1) is 0 Å². The molecule has 0 spiro atoms. The summed E-state index contributed by atoms with van der Waals surface area (Å²) in [7, 11) is 0. The Bertz CT molecular complexity index is 572. The van der Waals surface area contributed by atoms with E-state index in [-0.39, 0.29) is 31.2 Å². The molecule has 6 nitrogen and oxygen atoms in total. The number of nitrogens with one attached hydrogen (secondary N) is 2. The van der Waals surface area contributed by atoms with Crippen LogP contribution >= 0.6 is 0 Å². The van der Waals surface area contributed by atoms with Gasteiger partial charge in [0.2, 0.25) is 12.7 Å². The lowest BCUT2D eigenvalue weighted by Gasteiger charge is -2.15. The number of carbonyl (C=O) groups excluding carboxylic acids is 2. The van der Waals surface area contributed by atoms with Gasteiger partial charge < -0.3 is 20.1 Å². The van der Waals surface area contributed by atoms with Gasteiger partial charge in [-0.2, -0.15) is 0 Å². The van der Waals surface area contributed by atoms with E-state index in [1.165, 1.54) is 0 Å². The number of benzene rings is 1. The maximum atomic E-state index is 12.1. The monoisotopic (exact) mass is 320 g/mol. The first-order chi connectivity index (χ1) is 11.0. The van der Waals surface area contributed by atoms with Crippen LogP contribution < -0.4 is 20.1 Å². The maximum Gasteiger partial charge on any atom is 0.251 e. The number of hydrogen-bond donors (Lipinski definition) is 2. The van der Waals surface area contributed by atoms with Gasteiger partial charge in [0, 0.05) is 11.6 Å². The average molecular weight is 320 g/mol. The molecule has 126 valence electrons. The Labute approximate surface area is 136 Å². The van der Waals surface area contributed by atoms with Gasteiger partial charge in [0.15, 0.2) is 11.5 Å². The Kier molecular flexibility index (Phi) is 5.84. The average Bonchev–Trinajstić information content (AvgIpc) is 2.98. The molecule has 23 heavy (non-hydrogen) atoms. The number of carbonyl (C=O) groups is 2. The molecule has 0 saturated carbocycles. The van der Waals surface area contributed by atoms with Crippen molar-refractivity contribution in [3.8, 4) is 11.5 Å². The first-order valence-corrected chi connectivity index (χ1v) is 7.93. The summed E-state index contributed by atoms with van der Waals surface area (Å²) in [5.41, 5.74) is 0.440. The Morgan fingerprint density at radius 2 is 1.87 bits per heavy atom. The van der Waals surface area contributed by atoms with Gasteiger partial charge in [0.05, 0.1) is 6.54 Å². The fourth-order valence-corrected chi connectivity index (χ4v) is 2.28. The van der Waals surface area contributed by atoms with Crippen molar-refractivity contribution in [1.82, 2.24) is 10.6 Å². The molecule has 1 heterocycles. The summed E-state index contributed by atoms with van der Waals surface area (Å²) in [6.45, 7) is 6.40. The first-order valence-electron chi connectivity index (χ1n) is 7.93. The molecule has 0 fully saturated rings. The minimum Gasteiger partial charge on any atom is -0.454 e. The second-order valence-corrected chi connectivity index (χ2v) is 6.19. The van der Waals surface area contributed by atoms with Gasteiger partial charge in [-0.3, -0.25) is 9.59 Å². The molecule has 1 aliphatic heterocycles. The van der Waals surface area contributed by atoms with E-state index in [1.807, 2.05) is 6.92 Å². The van der Waals surface area contributed by atoms with Gasteiger partial charge in [0.25, 0.3) is 5.91 Å². The van der Waals surface area contributed by atoms with Crippen LogP contribution in [0.3, 0.4) is 0 Å². The standard InChI is InChI=1S/C17H24N2O4/c1-11(2)4-5-12(3)19-16(20)9-18-17(21)13-6-7-14-15(8-13)23-10-22-14/h6-8,11-12H,4-5,9-10H2,1-3H3,(H,18,21)(H,19,20). The van der Waals surface area contributed by atoms with E-state index >= 15 is 0 Å². The van der Waals surface area contributed by atoms with Crippen LogP contribution in [0.25, 0.3) is 0 Å². The quantitative estimate of drug-likeness (QED) is 0.806. The molecule has 2 rings (SSSR count). The summed E-state index contributed by atoms with van der Waals surface area (Å²) in [6.07, 6.45) is 1.99. The highest BCUT2D eigenvalue weighted by atomic mass is 16.7. The van der Waals surface area contributed by atoms with Gasteiger partial charge in [-0.1, -0.05) is 13.8 Å². The Morgan fingerprint density at radius 3 is 2.61 bits per heavy atom. The third-order valence-corrected chi connectivity index (χ3v) is 3.63. The number of hydrogen-bond acceptors (Lipinski definition) is 4. The molecule has 1 atom stereocenters. The molecule has 6 heteroatoms. The molecular formula is C17H24N2O4. The molecular weight excluding hydrogens is 296 g/mol. The van der Waals surface area contributed by atoms with Gasteiger partial charge in [-0.05, 0) is 43.9 Å². The number of amides is 2. The van der Waals surface area contributed by atoms with E-state index in [4.69, 9.17) is 9.47 Å². The van der Waals surface area contributed by atoms with Crippen LogP contribution in [0.15, 0.2) is 18.2 Å². The molecule has 2 N–H and O–H groups in total. The molecule has 0 bridgehead atoms. The lowest BCUT2D eigenvalue weighted by atomic mass is 10.0. The highest BCUT2D eigenvalue weighted by Gasteiger charge is 2.17. The maximum absolute atomic E-state index is 12.1. The smallest absolute Gasteiger partial charge is 0.251 e. The van der Waals surface area contributed by atoms with Crippen molar-refractivity contribution in [2.45, 2.75) is 39.7 Å². The lowest BCUT2D eigenvalue weighted by Crippen LogP contribution is -2.40. The summed E-state index contributed by atoms with van der Waals surface area (Å²) in [5.74, 6) is 1.28. The Balaban J connectivity index is 1.76. The minimum absolute atomic E-state index is 0.0424. The van der Waals surface area contributed by atoms with Gasteiger partial charge >= 0.3 is 0 Å². The topological polar surface area (TPSA) is 76.7 Å². The molecule has 1 aromatic carbocycles. The predicted octanol–water partition coefficient (Wildman–Crippen LogP) is 2.09. The minimum atomic E-state index is -0.312. The zero-order valence-electron chi connectivity index (χ0n) is 13.8. The van der Waals surface area contributed by atoms with Crippen molar-refractivity contribution in [2.24, 2.45) is 5.92 Å². The van der Waals surface area contributed by atoms with E-state index in [2.05, 4.69) is 24.5 Å². The van der Waals surface area contributed by atoms with E-state index in [0.29, 0.717) is 23.0 Å². The van der Waals surface area contributed by atoms with Crippen LogP contribution in [-0.2, 0) is 4.79 Å². The predicted molar refractivity (Wildman–Crippen MR) is 86.6 cm³/mol. The lowest BCUT2D eigenvalue weighted by molar-refractivity contribution is -0.120. The van der Waals surface area contributed by atoms with Crippen LogP contribution in [0.1, 0.15) is 44.0 Å². The van der Waals surface area contributed by atoms with Gasteiger partial charge in [-0.25, -0.2) is 0 Å². The molecule has 1 unspecified atom stereocenters. The normalized spacial score (nSPS) is 13.7. The van der Waals surface area contributed by atoms with Crippen molar-refractivity contribution in [3.05, 3.63) is 23.8 Å². The van der Waals surface area contributed by atoms with E-state index in [1.54, 1.807) is 18.2 Å². The zero-order chi connectivity index (χ0) is 16.8. The van der Waals surface area contributed by atoms with Crippen LogP contribution in [-0.4, -0.2) is 31.2 Å². The number of fused-ring (bicyclic) bond motifs is 1. The van der Waals surface area contributed by atoms with E-state index in [0.717, 1.165) is 12.8 Å². The second kappa shape index (κ2) is 7.85. The van der Waals surface area contributed by atoms with Crippen LogP contribution in [0.5, 0.6) is 11.5 Å².